The quantitative estimate of drug-likeness (QED) is 0.0118. The van der Waals surface area contributed by atoms with Crippen molar-refractivity contribution in [3.63, 3.8) is 0 Å². The van der Waals surface area contributed by atoms with Crippen LogP contribution in [0.25, 0.3) is 22.3 Å². The fraction of sp³-hybridized carbons (Fsp3) is 0.549. The van der Waals surface area contributed by atoms with Crippen molar-refractivity contribution in [1.29, 1.82) is 0 Å². The number of alkyl halides is 3. The summed E-state index contributed by atoms with van der Waals surface area (Å²) in [5.74, 6) is -0.439. The number of rotatable bonds is 36. The van der Waals surface area contributed by atoms with E-state index in [4.69, 9.17) is 71.1 Å². The van der Waals surface area contributed by atoms with Crippen molar-refractivity contribution in [2.24, 2.45) is 53.3 Å². The van der Waals surface area contributed by atoms with Crippen LogP contribution in [-0.4, -0.2) is 132 Å². The molecule has 0 N–H and O–H groups in total. The largest absolute Gasteiger partial charge is 0.468 e. The van der Waals surface area contributed by atoms with Crippen LogP contribution in [0.5, 0.6) is 34.5 Å². The summed E-state index contributed by atoms with van der Waals surface area (Å²) in [6.07, 6.45) is 21.1. The summed E-state index contributed by atoms with van der Waals surface area (Å²) in [6.45, 7) is 26.9. The Morgan fingerprint density at radius 3 is 0.729 bits per heavy atom. The number of fused-ring (bicyclic) bond motifs is 6. The molecule has 0 amide bonds. The number of esters is 9. The summed E-state index contributed by atoms with van der Waals surface area (Å²) < 4.78 is 124. The molecule has 24 nitrogen and oxygen atoms in total. The number of hydrogen-bond donors (Lipinski definition) is 0. The fourth-order valence-corrected chi connectivity index (χ4v) is 18.0. The van der Waals surface area contributed by atoms with E-state index in [0.717, 1.165) is 185 Å². The van der Waals surface area contributed by atoms with Gasteiger partial charge in [-0.2, -0.15) is 13.2 Å². The molecule has 0 aromatic heterocycles. The van der Waals surface area contributed by atoms with Gasteiger partial charge in [0, 0.05) is 48.3 Å². The van der Waals surface area contributed by atoms with Gasteiger partial charge in [0.1, 0.15) is 40.1 Å². The van der Waals surface area contributed by atoms with Crippen LogP contribution in [0.2, 0.25) is 0 Å². The van der Waals surface area contributed by atoms with Crippen LogP contribution >= 0.6 is 0 Å². The second-order valence-corrected chi connectivity index (χ2v) is 34.2. The molecule has 13 rings (SSSR count). The highest BCUT2D eigenvalue weighted by atomic mass is 19.4. The Bertz CT molecular complexity index is 4490. The van der Waals surface area contributed by atoms with Crippen LogP contribution in [-0.2, 0) is 92.0 Å². The van der Waals surface area contributed by atoms with Crippen molar-refractivity contribution in [3.8, 4) is 56.8 Å². The fourth-order valence-electron chi connectivity index (χ4n) is 18.0. The number of hydrogen-bond acceptors (Lipinski definition) is 24. The molecule has 0 radical (unpaired) electrons. The van der Waals surface area contributed by atoms with Crippen molar-refractivity contribution in [2.45, 2.75) is 293 Å². The first-order chi connectivity index (χ1) is 61.8. The maximum atomic E-state index is 13.8. The molecule has 0 aliphatic heterocycles. The molecule has 27 heteroatoms. The molecule has 8 aliphatic carbocycles. The number of carbonyl (C=O) groups is 9. The molecule has 6 saturated carbocycles. The van der Waals surface area contributed by atoms with Crippen LogP contribution in [0.15, 0.2) is 167 Å². The predicted molar refractivity (Wildman–Crippen MR) is 548 cm³/mol. The van der Waals surface area contributed by atoms with Gasteiger partial charge in [0.15, 0.2) is 20.4 Å². The van der Waals surface area contributed by atoms with Gasteiger partial charge in [-0.25, -0.2) is 28.8 Å². The van der Waals surface area contributed by atoms with Gasteiger partial charge >= 0.3 is 59.9 Å². The Morgan fingerprint density at radius 2 is 0.493 bits per heavy atom. The summed E-state index contributed by atoms with van der Waals surface area (Å²) >= 11 is 0. The molecule has 2 atom stereocenters. The molecule has 140 heavy (non-hydrogen) atoms. The Morgan fingerprint density at radius 1 is 0.286 bits per heavy atom. The van der Waals surface area contributed by atoms with E-state index >= 15 is 0 Å². The zero-order chi connectivity index (χ0) is 91.2. The summed E-state index contributed by atoms with van der Waals surface area (Å²) in [4.78, 5) is 106. The van der Waals surface area contributed by atoms with E-state index in [-0.39, 0.29) is 211 Å². The van der Waals surface area contributed by atoms with Crippen LogP contribution in [0.1, 0.15) is 297 Å². The van der Waals surface area contributed by atoms with E-state index in [1.54, 1.807) is 0 Å². The minimum atomic E-state index is -4.74. The van der Waals surface area contributed by atoms with Gasteiger partial charge in [-0.3, -0.25) is 14.4 Å². The number of halogens is 3. The molecule has 0 bridgehead atoms. The minimum Gasteiger partial charge on any atom is -0.468 e. The van der Waals surface area contributed by atoms with Gasteiger partial charge in [0.05, 0.1) is 75.7 Å². The average Bonchev–Trinajstić information content (AvgIpc) is 1.61. The molecule has 0 saturated heterocycles. The van der Waals surface area contributed by atoms with Crippen LogP contribution in [0.3, 0.4) is 0 Å². The highest BCUT2D eigenvalue weighted by Gasteiger charge is 2.39. The molecule has 0 heterocycles. The maximum Gasteiger partial charge on any atom is 0.420 e. The van der Waals surface area contributed by atoms with Crippen LogP contribution < -0.4 is 28.4 Å². The zero-order valence-corrected chi connectivity index (χ0v) is 73.2. The monoisotopic (exact) mass is 1970 g/mol. The lowest BCUT2D eigenvalue weighted by molar-refractivity contribution is -0.144. The predicted octanol–water partition coefficient (Wildman–Crippen LogP) is 27.2. The van der Waals surface area contributed by atoms with E-state index in [1.165, 1.54) is 41.5 Å². The molecular weight excluding hydrogens is 1800 g/mol. The van der Waals surface area contributed by atoms with Crippen molar-refractivity contribution < 1.29 is 127 Å². The second-order valence-electron chi connectivity index (χ2n) is 34.2. The second kappa shape index (κ2) is 65.0. The Balaban J connectivity index is 0. The molecule has 784 valence electrons. The average molecular weight is 1970 g/mol. The smallest absolute Gasteiger partial charge is 0.420 e. The van der Waals surface area contributed by atoms with Gasteiger partial charge in [0.2, 0.25) is 0 Å². The summed E-state index contributed by atoms with van der Waals surface area (Å²) in [5, 5.41) is 0. The summed E-state index contributed by atoms with van der Waals surface area (Å²) in [6, 6.07) is 27.2. The van der Waals surface area contributed by atoms with Gasteiger partial charge in [-0.1, -0.05) is 167 Å². The van der Waals surface area contributed by atoms with Gasteiger partial charge in [-0.05, 0) is 301 Å². The lowest BCUT2D eigenvalue weighted by Gasteiger charge is -2.28. The van der Waals surface area contributed by atoms with Crippen molar-refractivity contribution in [1.82, 2.24) is 0 Å². The highest BCUT2D eigenvalue weighted by molar-refractivity contribution is 5.86. The first-order valence-corrected chi connectivity index (χ1v) is 44.7. The van der Waals surface area contributed by atoms with E-state index in [1.807, 2.05) is 48.5 Å². The SMILES string of the molecule is C.C.C.C.C.C.C.C.C.C.C.C.C=CC(=O)OCC1CCC(OCOc2ccc(OC(=O)C3CCC(COC(=O)C=C)CC3)cc2C(F)(F)F)CC1.C=CC(=O)OCC1CCC(OCOc2ccc3c(c2)C(C)c2cc(OC(=O)C4CCC(COC(=O)C=C)CC4)ccc2-3)CC1.C=CC(=O)OCC1CCC(OCOc2ccc3c(c2)C(C)c2cc(OC(=O)C4CCC(COC(=O)C=C)CC4)ccc2-3)CC1. The number of carbonyl (C=O) groups excluding carboxylic acids is 9. The number of benzene rings is 5. The third-order valence-corrected chi connectivity index (χ3v) is 25.7. The molecular formula is C113H167F3O24. The van der Waals surface area contributed by atoms with Gasteiger partial charge in [-0.15, -0.1) is 0 Å². The minimum absolute atomic E-state index is 0. The molecule has 5 aromatic rings. The maximum absolute atomic E-state index is 13.8. The van der Waals surface area contributed by atoms with Crippen LogP contribution in [0, 0.1) is 53.3 Å². The summed E-state index contributed by atoms with van der Waals surface area (Å²) in [5.41, 5.74) is 8.12. The Kier molecular flexibility index (Phi) is 60.8. The van der Waals surface area contributed by atoms with Crippen molar-refractivity contribution in [3.05, 3.63) is 195 Å². The molecule has 2 unspecified atom stereocenters. The topological polar surface area (TPSA) is 292 Å². The third-order valence-electron chi connectivity index (χ3n) is 25.7. The standard InChI is InChI=1S/2C36H42O8.C29H35F3O8.12CH4/c2*1-4-34(37)40-20-24-6-10-26(11-7-24)36(39)44-29-15-17-31-30-16-14-28(18-32(30)23(3)33(31)19-29)43-22-42-27-12-8-25(9-13-27)21-41-35(38)5-2;1-3-26(33)36-16-19-5-9-21(10-6-19)28(35)40-23-13-14-25(24(15-23)29(30,31)32)39-18-38-22-11-7-20(8-12-22)17-37-27(34)4-2;;;;;;;;;;;;/h2*4-5,14-19,23-27H,1-2,6-13,20-22H2,3H3;3-4,13-15,19-22H,1-2,5-12,16-18H2;12*1H4. The normalized spacial score (nSPS) is 21.6. The first kappa shape index (κ1) is 131. The molecule has 8 aliphatic rings. The Hall–Kier alpha value is -11.2. The number of ether oxygens (including phenoxy) is 15. The van der Waals surface area contributed by atoms with Gasteiger partial charge < -0.3 is 71.1 Å². The van der Waals surface area contributed by atoms with Crippen molar-refractivity contribution in [2.75, 3.05) is 60.0 Å². The lowest BCUT2D eigenvalue weighted by atomic mass is 9.82. The van der Waals surface area contributed by atoms with E-state index in [9.17, 15) is 56.3 Å². The highest BCUT2D eigenvalue weighted by Crippen LogP contribution is 2.50. The molecule has 0 spiro atoms. The van der Waals surface area contributed by atoms with Crippen molar-refractivity contribution >= 4 is 53.7 Å². The third kappa shape index (κ3) is 38.7. The van der Waals surface area contributed by atoms with E-state index in [2.05, 4.69) is 77.6 Å². The molecule has 5 aromatic carbocycles. The summed E-state index contributed by atoms with van der Waals surface area (Å²) in [7, 11) is 0. The van der Waals surface area contributed by atoms with Gasteiger partial charge in [0.25, 0.3) is 0 Å². The first-order valence-electron chi connectivity index (χ1n) is 44.7. The molecule has 6 fully saturated rings. The lowest BCUT2D eigenvalue weighted by Crippen LogP contribution is -2.27. The van der Waals surface area contributed by atoms with E-state index in [0.29, 0.717) is 94.9 Å². The van der Waals surface area contributed by atoms with Crippen LogP contribution in [0.4, 0.5) is 13.2 Å². The Labute approximate surface area is 835 Å². The zero-order valence-electron chi connectivity index (χ0n) is 73.2. The van der Waals surface area contributed by atoms with E-state index < -0.39 is 53.3 Å².